The number of phenols is 1. The lowest BCUT2D eigenvalue weighted by Gasteiger charge is -2.23. The highest BCUT2D eigenvalue weighted by Crippen LogP contribution is 2.40. The topological polar surface area (TPSA) is 46.5 Å². The molecule has 0 unspecified atom stereocenters. The predicted octanol–water partition coefficient (Wildman–Crippen LogP) is 5.12. The minimum Gasteiger partial charge on any atom is -0.507 e. The van der Waals surface area contributed by atoms with Gasteiger partial charge in [0.2, 0.25) is 0 Å². The van der Waals surface area contributed by atoms with Gasteiger partial charge in [-0.3, -0.25) is 4.79 Å². The average Bonchev–Trinajstić information content (AvgIpc) is 2.53. The van der Waals surface area contributed by atoms with E-state index in [0.717, 1.165) is 22.3 Å². The number of benzene rings is 2. The second kappa shape index (κ2) is 7.27. The van der Waals surface area contributed by atoms with E-state index in [9.17, 15) is 9.90 Å². The van der Waals surface area contributed by atoms with Crippen LogP contribution in [0.1, 0.15) is 38.3 Å². The standard InChI is InChI=1S/C20H23ClO3/c1-20(2,3)17-12-13(5-10-18(22)24-4)11-16(19(17)23)14-6-8-15(21)9-7-14/h6-9,11-12,23H,5,10H2,1-4H3. The van der Waals surface area contributed by atoms with E-state index in [4.69, 9.17) is 16.3 Å². The van der Waals surface area contributed by atoms with Crippen molar-refractivity contribution in [2.24, 2.45) is 0 Å². The van der Waals surface area contributed by atoms with E-state index < -0.39 is 0 Å². The van der Waals surface area contributed by atoms with Crippen molar-refractivity contribution in [1.29, 1.82) is 0 Å². The molecule has 128 valence electrons. The monoisotopic (exact) mass is 346 g/mol. The molecule has 2 rings (SSSR count). The average molecular weight is 347 g/mol. The van der Waals surface area contributed by atoms with Crippen molar-refractivity contribution >= 4 is 17.6 Å². The van der Waals surface area contributed by atoms with Gasteiger partial charge in [0.25, 0.3) is 0 Å². The molecule has 4 heteroatoms. The van der Waals surface area contributed by atoms with Crippen molar-refractivity contribution in [2.75, 3.05) is 7.11 Å². The van der Waals surface area contributed by atoms with Gasteiger partial charge in [-0.25, -0.2) is 0 Å². The molecule has 0 amide bonds. The molecular weight excluding hydrogens is 324 g/mol. The van der Waals surface area contributed by atoms with E-state index in [0.29, 0.717) is 17.9 Å². The summed E-state index contributed by atoms with van der Waals surface area (Å²) in [5, 5.41) is 11.4. The van der Waals surface area contributed by atoms with E-state index in [1.807, 2.05) is 24.3 Å². The molecule has 0 saturated heterocycles. The van der Waals surface area contributed by atoms with Gasteiger partial charge in [0.05, 0.1) is 7.11 Å². The van der Waals surface area contributed by atoms with E-state index in [1.165, 1.54) is 7.11 Å². The maximum absolute atomic E-state index is 11.4. The maximum Gasteiger partial charge on any atom is 0.305 e. The summed E-state index contributed by atoms with van der Waals surface area (Å²) in [6.45, 7) is 6.16. The van der Waals surface area contributed by atoms with E-state index in [1.54, 1.807) is 12.1 Å². The predicted molar refractivity (Wildman–Crippen MR) is 97.6 cm³/mol. The summed E-state index contributed by atoms with van der Waals surface area (Å²) < 4.78 is 4.72. The van der Waals surface area contributed by atoms with Crippen LogP contribution in [0.3, 0.4) is 0 Å². The minimum absolute atomic E-state index is 0.216. The lowest BCUT2D eigenvalue weighted by molar-refractivity contribution is -0.140. The smallest absolute Gasteiger partial charge is 0.305 e. The van der Waals surface area contributed by atoms with Gasteiger partial charge in [-0.15, -0.1) is 0 Å². The van der Waals surface area contributed by atoms with Crippen LogP contribution in [-0.4, -0.2) is 18.2 Å². The molecule has 0 bridgehead atoms. The molecule has 0 fully saturated rings. The zero-order valence-corrected chi connectivity index (χ0v) is 15.3. The summed E-state index contributed by atoms with van der Waals surface area (Å²) in [5.41, 5.74) is 3.27. The number of ether oxygens (including phenoxy) is 1. The molecule has 3 nitrogen and oxygen atoms in total. The first-order valence-electron chi connectivity index (χ1n) is 7.91. The number of esters is 1. The van der Waals surface area contributed by atoms with Crippen molar-refractivity contribution in [2.45, 2.75) is 39.0 Å². The number of hydrogen-bond donors (Lipinski definition) is 1. The number of methoxy groups -OCH3 is 1. The molecule has 1 N–H and O–H groups in total. The van der Waals surface area contributed by atoms with Gasteiger partial charge in [-0.2, -0.15) is 0 Å². The SMILES string of the molecule is COC(=O)CCc1cc(-c2ccc(Cl)cc2)c(O)c(C(C)(C)C)c1. The Kier molecular flexibility index (Phi) is 5.55. The molecule has 2 aromatic carbocycles. The van der Waals surface area contributed by atoms with Crippen molar-refractivity contribution in [3.05, 3.63) is 52.5 Å². The normalized spacial score (nSPS) is 11.4. The fourth-order valence-electron chi connectivity index (χ4n) is 2.61. The second-order valence-electron chi connectivity index (χ2n) is 6.87. The van der Waals surface area contributed by atoms with Crippen LogP contribution in [0.25, 0.3) is 11.1 Å². The molecule has 0 aliphatic rings. The zero-order chi connectivity index (χ0) is 17.9. The third-order valence-corrected chi connectivity index (χ3v) is 4.23. The number of aromatic hydroxyl groups is 1. The third kappa shape index (κ3) is 4.30. The highest BCUT2D eigenvalue weighted by molar-refractivity contribution is 6.30. The minimum atomic E-state index is -0.242. The van der Waals surface area contributed by atoms with Gasteiger partial charge >= 0.3 is 5.97 Å². The molecule has 0 aliphatic carbocycles. The third-order valence-electron chi connectivity index (χ3n) is 3.98. The maximum atomic E-state index is 11.4. The lowest BCUT2D eigenvalue weighted by Crippen LogP contribution is -2.13. The number of aryl methyl sites for hydroxylation is 1. The first-order chi connectivity index (χ1) is 11.2. The van der Waals surface area contributed by atoms with Crippen molar-refractivity contribution in [1.82, 2.24) is 0 Å². The Morgan fingerprint density at radius 2 is 1.79 bits per heavy atom. The molecule has 0 aliphatic heterocycles. The number of phenolic OH excluding ortho intramolecular Hbond substituents is 1. The van der Waals surface area contributed by atoms with Crippen LogP contribution >= 0.6 is 11.6 Å². The molecular formula is C20H23ClO3. The lowest BCUT2D eigenvalue weighted by atomic mass is 9.82. The zero-order valence-electron chi connectivity index (χ0n) is 14.5. The van der Waals surface area contributed by atoms with Crippen LogP contribution in [0, 0.1) is 0 Å². The summed E-state index contributed by atoms with van der Waals surface area (Å²) in [6.07, 6.45) is 0.877. The Labute approximate surface area is 148 Å². The number of rotatable bonds is 4. The van der Waals surface area contributed by atoms with Crippen molar-refractivity contribution < 1.29 is 14.6 Å². The fourth-order valence-corrected chi connectivity index (χ4v) is 2.73. The molecule has 2 aromatic rings. The number of hydrogen-bond acceptors (Lipinski definition) is 3. The van der Waals surface area contributed by atoms with Gasteiger partial charge in [0, 0.05) is 22.6 Å². The number of halogens is 1. The highest BCUT2D eigenvalue weighted by atomic mass is 35.5. The van der Waals surface area contributed by atoms with Crippen LogP contribution in [-0.2, 0) is 21.4 Å². The van der Waals surface area contributed by atoms with Gasteiger partial charge in [0.15, 0.2) is 0 Å². The molecule has 0 heterocycles. The molecule has 0 saturated carbocycles. The van der Waals surface area contributed by atoms with Crippen molar-refractivity contribution in [3.63, 3.8) is 0 Å². The van der Waals surface area contributed by atoms with Gasteiger partial charge in [0.1, 0.15) is 5.75 Å². The second-order valence-corrected chi connectivity index (χ2v) is 7.31. The number of carbonyl (C=O) groups is 1. The Hall–Kier alpha value is -2.00. The Morgan fingerprint density at radius 1 is 1.17 bits per heavy atom. The summed E-state index contributed by atoms with van der Waals surface area (Å²) in [5.74, 6) is 0.0278. The van der Waals surface area contributed by atoms with Crippen LogP contribution in [0.15, 0.2) is 36.4 Å². The largest absolute Gasteiger partial charge is 0.507 e. The quantitative estimate of drug-likeness (QED) is 0.782. The Bertz CT molecular complexity index is 728. The summed E-state index contributed by atoms with van der Waals surface area (Å²) in [4.78, 5) is 11.4. The van der Waals surface area contributed by atoms with E-state index in [-0.39, 0.29) is 17.1 Å². The van der Waals surface area contributed by atoms with Crippen LogP contribution in [0.5, 0.6) is 5.75 Å². The first kappa shape index (κ1) is 18.3. The van der Waals surface area contributed by atoms with Gasteiger partial charge in [-0.05, 0) is 41.2 Å². The van der Waals surface area contributed by atoms with Crippen LogP contribution in [0.2, 0.25) is 5.02 Å². The molecule has 0 atom stereocenters. The van der Waals surface area contributed by atoms with Crippen LogP contribution in [0.4, 0.5) is 0 Å². The van der Waals surface area contributed by atoms with E-state index in [2.05, 4.69) is 20.8 Å². The molecule has 0 spiro atoms. The molecule has 24 heavy (non-hydrogen) atoms. The Morgan fingerprint density at radius 3 is 2.33 bits per heavy atom. The fraction of sp³-hybridized carbons (Fsp3) is 0.350. The van der Waals surface area contributed by atoms with Crippen molar-refractivity contribution in [3.8, 4) is 16.9 Å². The summed E-state index contributed by atoms with van der Waals surface area (Å²) in [7, 11) is 1.39. The Balaban J connectivity index is 2.52. The number of carbonyl (C=O) groups excluding carboxylic acids is 1. The summed E-state index contributed by atoms with van der Waals surface area (Å²) in [6, 6.07) is 11.3. The van der Waals surface area contributed by atoms with Crippen LogP contribution < -0.4 is 0 Å². The highest BCUT2D eigenvalue weighted by Gasteiger charge is 2.22. The summed E-state index contributed by atoms with van der Waals surface area (Å²) >= 11 is 5.96. The first-order valence-corrected chi connectivity index (χ1v) is 8.29. The van der Waals surface area contributed by atoms with E-state index >= 15 is 0 Å². The molecule has 0 aromatic heterocycles. The van der Waals surface area contributed by atoms with Gasteiger partial charge in [-0.1, -0.05) is 50.6 Å². The molecule has 0 radical (unpaired) electrons. The van der Waals surface area contributed by atoms with Gasteiger partial charge < -0.3 is 9.84 Å².